The molecule has 3 aliphatic rings. The van der Waals surface area contributed by atoms with Crippen LogP contribution < -0.4 is 0 Å². The predicted molar refractivity (Wildman–Crippen MR) is 143 cm³/mol. The number of aryl methyl sites for hydroxylation is 1. The number of Topliss-reactive ketones (excluding diaryl/α,β-unsaturated/α-hetero) is 1. The van der Waals surface area contributed by atoms with Crippen LogP contribution in [0, 0.1) is 17.3 Å². The van der Waals surface area contributed by atoms with E-state index in [1.165, 1.54) is 23.1 Å². The molecule has 0 heterocycles. The molecule has 0 amide bonds. The lowest BCUT2D eigenvalue weighted by atomic mass is 9.51. The monoisotopic (exact) mass is 493 g/mol. The number of fused-ring (bicyclic) bond motifs is 5. The molecule has 3 aliphatic carbocycles. The fourth-order valence-electron chi connectivity index (χ4n) is 7.81. The number of halogens is 1. The molecule has 2 saturated carbocycles. The molecular weight excluding hydrogens is 454 g/mol. The molecule has 3 nitrogen and oxygen atoms in total. The van der Waals surface area contributed by atoms with Crippen molar-refractivity contribution in [3.8, 4) is 5.75 Å². The van der Waals surface area contributed by atoms with E-state index in [4.69, 9.17) is 11.6 Å². The SMILES string of the molecule is CCN(CC)CCCc1ccc([C@H]2C[C@]3(C)C(=O)CC[C@H]3[C@@H]3CCc4c(ccc(O)c4Cl)[C@H]32)cc1. The summed E-state index contributed by atoms with van der Waals surface area (Å²) in [6, 6.07) is 13.2. The third-order valence-corrected chi connectivity index (χ3v) is 10.2. The van der Waals surface area contributed by atoms with Gasteiger partial charge in [-0.05, 0) is 110 Å². The van der Waals surface area contributed by atoms with E-state index in [0.29, 0.717) is 34.5 Å². The first-order chi connectivity index (χ1) is 16.9. The van der Waals surface area contributed by atoms with Crippen LogP contribution in [0.25, 0.3) is 0 Å². The Hall–Kier alpha value is -1.84. The van der Waals surface area contributed by atoms with Crippen molar-refractivity contribution in [2.75, 3.05) is 19.6 Å². The van der Waals surface area contributed by atoms with Gasteiger partial charge in [0, 0.05) is 11.8 Å². The van der Waals surface area contributed by atoms with Gasteiger partial charge >= 0.3 is 0 Å². The fraction of sp³-hybridized carbons (Fsp3) is 0.581. The summed E-state index contributed by atoms with van der Waals surface area (Å²) in [4.78, 5) is 15.6. The Morgan fingerprint density at radius 1 is 1.06 bits per heavy atom. The number of ketones is 1. The number of nitrogens with zero attached hydrogens (tertiary/aromatic N) is 1. The molecule has 0 spiro atoms. The number of phenols is 1. The number of phenolic OH excluding ortho intramolecular Hbond substituents is 1. The van der Waals surface area contributed by atoms with E-state index < -0.39 is 0 Å². The Balaban J connectivity index is 1.45. The summed E-state index contributed by atoms with van der Waals surface area (Å²) in [7, 11) is 0. The highest BCUT2D eigenvalue weighted by Gasteiger charge is 2.58. The number of aromatic hydroxyl groups is 1. The molecule has 35 heavy (non-hydrogen) atoms. The largest absolute Gasteiger partial charge is 0.506 e. The van der Waals surface area contributed by atoms with Crippen molar-refractivity contribution in [1.82, 2.24) is 4.90 Å². The van der Waals surface area contributed by atoms with Crippen LogP contribution in [0.5, 0.6) is 5.75 Å². The second-order valence-electron chi connectivity index (χ2n) is 11.4. The summed E-state index contributed by atoms with van der Waals surface area (Å²) in [5.41, 5.74) is 4.96. The lowest BCUT2D eigenvalue weighted by Crippen LogP contribution is -2.46. The number of carbonyl (C=O) groups excluding carboxylic acids is 1. The highest BCUT2D eigenvalue weighted by molar-refractivity contribution is 6.32. The molecule has 2 fully saturated rings. The van der Waals surface area contributed by atoms with Crippen LogP contribution in [0.2, 0.25) is 5.02 Å². The molecule has 5 rings (SSSR count). The molecule has 0 aliphatic heterocycles. The van der Waals surface area contributed by atoms with Gasteiger partial charge in [-0.1, -0.05) is 62.7 Å². The van der Waals surface area contributed by atoms with Crippen LogP contribution in [0.15, 0.2) is 36.4 Å². The molecule has 2 aromatic carbocycles. The van der Waals surface area contributed by atoms with Gasteiger partial charge in [0.25, 0.3) is 0 Å². The summed E-state index contributed by atoms with van der Waals surface area (Å²) in [6.07, 6.45) is 6.89. The van der Waals surface area contributed by atoms with Crippen LogP contribution in [-0.2, 0) is 17.6 Å². The van der Waals surface area contributed by atoms with Crippen molar-refractivity contribution in [2.45, 2.75) is 77.6 Å². The van der Waals surface area contributed by atoms with Crippen LogP contribution >= 0.6 is 11.6 Å². The first-order valence-corrected chi connectivity index (χ1v) is 14.1. The molecule has 0 aromatic heterocycles. The van der Waals surface area contributed by atoms with Crippen molar-refractivity contribution in [2.24, 2.45) is 17.3 Å². The summed E-state index contributed by atoms with van der Waals surface area (Å²) < 4.78 is 0. The second kappa shape index (κ2) is 9.90. The Bertz CT molecular complexity index is 1080. The number of hydrogen-bond donors (Lipinski definition) is 1. The van der Waals surface area contributed by atoms with Crippen molar-refractivity contribution in [3.63, 3.8) is 0 Å². The number of benzene rings is 2. The lowest BCUT2D eigenvalue weighted by Gasteiger charge is -2.52. The maximum Gasteiger partial charge on any atom is 0.139 e. The fourth-order valence-corrected chi connectivity index (χ4v) is 8.08. The van der Waals surface area contributed by atoms with Crippen LogP contribution in [-0.4, -0.2) is 35.4 Å². The quantitative estimate of drug-likeness (QED) is 0.445. The summed E-state index contributed by atoms with van der Waals surface area (Å²) >= 11 is 6.60. The zero-order valence-corrected chi connectivity index (χ0v) is 22.3. The van der Waals surface area contributed by atoms with E-state index in [1.54, 1.807) is 6.07 Å². The summed E-state index contributed by atoms with van der Waals surface area (Å²) in [5.74, 6) is 2.25. The van der Waals surface area contributed by atoms with Gasteiger partial charge in [0.2, 0.25) is 0 Å². The number of rotatable bonds is 7. The highest BCUT2D eigenvalue weighted by Crippen LogP contribution is 2.64. The van der Waals surface area contributed by atoms with Crippen LogP contribution in [0.1, 0.15) is 87.0 Å². The predicted octanol–water partition coefficient (Wildman–Crippen LogP) is 7.14. The molecule has 4 heteroatoms. The molecule has 0 unspecified atom stereocenters. The minimum Gasteiger partial charge on any atom is -0.506 e. The molecular formula is C31H40ClNO2. The maximum absolute atomic E-state index is 13.1. The molecule has 5 atom stereocenters. The van der Waals surface area contributed by atoms with Gasteiger partial charge in [-0.15, -0.1) is 0 Å². The smallest absolute Gasteiger partial charge is 0.139 e. The van der Waals surface area contributed by atoms with E-state index >= 15 is 0 Å². The minimum absolute atomic E-state index is 0.186. The Labute approximate surface area is 215 Å². The van der Waals surface area contributed by atoms with E-state index in [1.807, 2.05) is 0 Å². The lowest BCUT2D eigenvalue weighted by molar-refractivity contribution is -0.130. The molecule has 1 N–H and O–H groups in total. The minimum atomic E-state index is -0.216. The Morgan fingerprint density at radius 3 is 2.51 bits per heavy atom. The van der Waals surface area contributed by atoms with Crippen LogP contribution in [0.4, 0.5) is 0 Å². The highest BCUT2D eigenvalue weighted by atomic mass is 35.5. The van der Waals surface area contributed by atoms with Gasteiger partial charge < -0.3 is 10.0 Å². The zero-order valence-electron chi connectivity index (χ0n) is 21.5. The van der Waals surface area contributed by atoms with E-state index in [0.717, 1.165) is 63.7 Å². The van der Waals surface area contributed by atoms with Crippen LogP contribution in [0.3, 0.4) is 0 Å². The average Bonchev–Trinajstić information content (AvgIpc) is 3.18. The third kappa shape index (κ3) is 4.33. The van der Waals surface area contributed by atoms with Gasteiger partial charge in [-0.2, -0.15) is 0 Å². The van der Waals surface area contributed by atoms with Crippen molar-refractivity contribution in [1.29, 1.82) is 0 Å². The van der Waals surface area contributed by atoms with E-state index in [9.17, 15) is 9.90 Å². The van der Waals surface area contributed by atoms with Gasteiger partial charge in [0.05, 0.1) is 5.02 Å². The van der Waals surface area contributed by atoms with Gasteiger partial charge in [0.1, 0.15) is 11.5 Å². The average molecular weight is 494 g/mol. The standard InChI is InChI=1S/C31H40ClNO2/c1-4-33(5-2)18-6-7-20-8-10-21(11-9-20)25-19-31(3)26(15-17-28(31)35)24-13-12-23-22(29(24)25)14-16-27(34)30(23)32/h8-11,14,16,24-26,29,34H,4-7,12-13,15,17-19H2,1-3H3/t24-,25+,26-,29+,31-/m0/s1. The van der Waals surface area contributed by atoms with Crippen molar-refractivity contribution < 1.29 is 9.90 Å². The normalized spacial score (nSPS) is 29.7. The first-order valence-electron chi connectivity index (χ1n) is 13.7. The summed E-state index contributed by atoms with van der Waals surface area (Å²) in [5, 5.41) is 10.8. The zero-order chi connectivity index (χ0) is 24.7. The van der Waals surface area contributed by atoms with E-state index in [-0.39, 0.29) is 11.2 Å². The van der Waals surface area contributed by atoms with Gasteiger partial charge in [0.15, 0.2) is 0 Å². The molecule has 0 bridgehead atoms. The Kier molecular flexibility index (Phi) is 7.03. The summed E-state index contributed by atoms with van der Waals surface area (Å²) in [6.45, 7) is 10.1. The maximum atomic E-state index is 13.1. The molecule has 2 aromatic rings. The van der Waals surface area contributed by atoms with Gasteiger partial charge in [-0.3, -0.25) is 4.79 Å². The number of carbonyl (C=O) groups is 1. The van der Waals surface area contributed by atoms with Crippen molar-refractivity contribution >= 4 is 17.4 Å². The van der Waals surface area contributed by atoms with Gasteiger partial charge in [-0.25, -0.2) is 0 Å². The van der Waals surface area contributed by atoms with E-state index in [2.05, 4.69) is 56.0 Å². The molecule has 0 saturated heterocycles. The third-order valence-electron chi connectivity index (χ3n) is 9.78. The second-order valence-corrected chi connectivity index (χ2v) is 11.7. The molecule has 0 radical (unpaired) electrons. The van der Waals surface area contributed by atoms with Crippen molar-refractivity contribution in [3.05, 3.63) is 63.7 Å². The number of hydrogen-bond acceptors (Lipinski definition) is 3. The topological polar surface area (TPSA) is 40.5 Å². The first kappa shape index (κ1) is 24.8. The molecule has 188 valence electrons. The Morgan fingerprint density at radius 2 is 1.80 bits per heavy atom.